The summed E-state index contributed by atoms with van der Waals surface area (Å²) in [7, 11) is 0. The Morgan fingerprint density at radius 1 is 1.00 bits per heavy atom. The number of carbonyl (C=O) groups excluding carboxylic acids is 2. The number of benzene rings is 2. The van der Waals surface area contributed by atoms with E-state index in [1.54, 1.807) is 19.9 Å². The summed E-state index contributed by atoms with van der Waals surface area (Å²) >= 11 is 0. The van der Waals surface area contributed by atoms with E-state index < -0.39 is 0 Å². The number of rotatable bonds is 7. The fourth-order valence-corrected chi connectivity index (χ4v) is 2.75. The molecule has 1 amide bonds. The van der Waals surface area contributed by atoms with Crippen LogP contribution in [-0.4, -0.2) is 24.5 Å². The van der Waals surface area contributed by atoms with E-state index in [9.17, 15) is 9.59 Å². The Kier molecular flexibility index (Phi) is 7.15. The highest BCUT2D eigenvalue weighted by Crippen LogP contribution is 2.20. The predicted octanol–water partition coefficient (Wildman–Crippen LogP) is 3.91. The van der Waals surface area contributed by atoms with Crippen molar-refractivity contribution in [2.75, 3.05) is 6.61 Å². The summed E-state index contributed by atoms with van der Waals surface area (Å²) in [5.41, 5.74) is 3.88. The van der Waals surface area contributed by atoms with Gasteiger partial charge in [-0.3, -0.25) is 4.79 Å². The van der Waals surface area contributed by atoms with Gasteiger partial charge in [0.25, 0.3) is 0 Å². The van der Waals surface area contributed by atoms with Gasteiger partial charge in [-0.05, 0) is 37.0 Å². The number of amides is 1. The van der Waals surface area contributed by atoms with Crippen molar-refractivity contribution in [3.8, 4) is 11.1 Å². The molecule has 0 fully saturated rings. The van der Waals surface area contributed by atoms with Gasteiger partial charge in [-0.15, -0.1) is 0 Å². The fourth-order valence-electron chi connectivity index (χ4n) is 2.75. The van der Waals surface area contributed by atoms with E-state index in [4.69, 9.17) is 4.74 Å². The Morgan fingerprint density at radius 3 is 2.19 bits per heavy atom. The SMILES string of the molecule is CCOC(=O)/C(C)=C/[C@@H](Cc1ccc(-c2ccccc2)cc1)NC(C)=O. The van der Waals surface area contributed by atoms with E-state index >= 15 is 0 Å². The Balaban J connectivity index is 2.14. The van der Waals surface area contributed by atoms with E-state index in [0.29, 0.717) is 18.6 Å². The first-order chi connectivity index (χ1) is 12.5. The molecule has 4 nitrogen and oxygen atoms in total. The topological polar surface area (TPSA) is 55.4 Å². The van der Waals surface area contributed by atoms with Gasteiger partial charge in [-0.1, -0.05) is 60.7 Å². The molecular weight excluding hydrogens is 326 g/mol. The van der Waals surface area contributed by atoms with Crippen LogP contribution < -0.4 is 5.32 Å². The lowest BCUT2D eigenvalue weighted by Gasteiger charge is -2.16. The van der Waals surface area contributed by atoms with Crippen molar-refractivity contribution in [2.45, 2.75) is 33.2 Å². The lowest BCUT2D eigenvalue weighted by atomic mass is 9.99. The molecule has 0 aromatic heterocycles. The molecule has 1 N–H and O–H groups in total. The number of carbonyl (C=O) groups is 2. The second kappa shape index (κ2) is 9.56. The number of nitrogens with one attached hydrogen (secondary N) is 1. The maximum Gasteiger partial charge on any atom is 0.333 e. The molecule has 0 unspecified atom stereocenters. The van der Waals surface area contributed by atoms with Crippen LogP contribution >= 0.6 is 0 Å². The van der Waals surface area contributed by atoms with E-state index in [0.717, 1.165) is 16.7 Å². The summed E-state index contributed by atoms with van der Waals surface area (Å²) in [4.78, 5) is 23.3. The molecule has 0 radical (unpaired) electrons. The van der Waals surface area contributed by atoms with Crippen LogP contribution in [0.3, 0.4) is 0 Å². The highest BCUT2D eigenvalue weighted by Gasteiger charge is 2.12. The summed E-state index contributed by atoms with van der Waals surface area (Å²) in [6.45, 7) is 5.27. The predicted molar refractivity (Wildman–Crippen MR) is 104 cm³/mol. The summed E-state index contributed by atoms with van der Waals surface area (Å²) in [5.74, 6) is -0.494. The van der Waals surface area contributed by atoms with Crippen LogP contribution in [0.15, 0.2) is 66.2 Å². The van der Waals surface area contributed by atoms with Gasteiger partial charge in [0.1, 0.15) is 0 Å². The van der Waals surface area contributed by atoms with Crippen LogP contribution in [-0.2, 0) is 20.7 Å². The normalized spacial score (nSPS) is 12.3. The number of ether oxygens (including phenoxy) is 1. The summed E-state index contributed by atoms with van der Waals surface area (Å²) in [5, 5.41) is 2.88. The van der Waals surface area contributed by atoms with Crippen molar-refractivity contribution in [1.82, 2.24) is 5.32 Å². The van der Waals surface area contributed by atoms with E-state index in [1.807, 2.05) is 30.3 Å². The first-order valence-corrected chi connectivity index (χ1v) is 8.76. The summed E-state index contributed by atoms with van der Waals surface area (Å²) < 4.78 is 5.00. The Labute approximate surface area is 154 Å². The zero-order valence-electron chi connectivity index (χ0n) is 15.5. The molecule has 2 aromatic rings. The molecule has 136 valence electrons. The van der Waals surface area contributed by atoms with Gasteiger partial charge < -0.3 is 10.1 Å². The number of esters is 1. The van der Waals surface area contributed by atoms with Crippen molar-refractivity contribution >= 4 is 11.9 Å². The van der Waals surface area contributed by atoms with Gasteiger partial charge in [0.15, 0.2) is 0 Å². The Morgan fingerprint density at radius 2 is 1.62 bits per heavy atom. The second-order valence-corrected chi connectivity index (χ2v) is 6.14. The average molecular weight is 351 g/mol. The third kappa shape index (κ3) is 5.88. The third-order valence-electron chi connectivity index (χ3n) is 3.95. The molecule has 0 aliphatic carbocycles. The molecule has 0 bridgehead atoms. The molecule has 0 heterocycles. The Hall–Kier alpha value is -2.88. The molecule has 1 atom stereocenters. The smallest absolute Gasteiger partial charge is 0.333 e. The van der Waals surface area contributed by atoms with Crippen LogP contribution in [0.4, 0.5) is 0 Å². The standard InChI is InChI=1S/C22H25NO3/c1-4-26-22(25)16(2)14-21(23-17(3)24)15-18-10-12-20(13-11-18)19-8-6-5-7-9-19/h5-14,21H,4,15H2,1-3H3,(H,23,24)/b16-14+/t21-/m0/s1. The quantitative estimate of drug-likeness (QED) is 0.608. The van der Waals surface area contributed by atoms with Crippen molar-refractivity contribution in [2.24, 2.45) is 0 Å². The minimum absolute atomic E-state index is 0.135. The molecule has 0 saturated heterocycles. The first-order valence-electron chi connectivity index (χ1n) is 8.76. The highest BCUT2D eigenvalue weighted by molar-refractivity contribution is 5.88. The van der Waals surface area contributed by atoms with E-state index in [-0.39, 0.29) is 17.9 Å². The Bertz CT molecular complexity index is 764. The van der Waals surface area contributed by atoms with Crippen LogP contribution in [0.25, 0.3) is 11.1 Å². The minimum atomic E-state index is -0.359. The molecule has 2 aromatic carbocycles. The molecule has 0 aliphatic heterocycles. The van der Waals surface area contributed by atoms with Crippen LogP contribution in [0.2, 0.25) is 0 Å². The zero-order valence-corrected chi connectivity index (χ0v) is 15.5. The van der Waals surface area contributed by atoms with Crippen molar-refractivity contribution < 1.29 is 14.3 Å². The maximum atomic E-state index is 11.8. The molecule has 4 heteroatoms. The highest BCUT2D eigenvalue weighted by atomic mass is 16.5. The van der Waals surface area contributed by atoms with E-state index in [1.165, 1.54) is 6.92 Å². The fraction of sp³-hybridized carbons (Fsp3) is 0.273. The van der Waals surface area contributed by atoms with Crippen LogP contribution in [0.5, 0.6) is 0 Å². The zero-order chi connectivity index (χ0) is 18.9. The average Bonchev–Trinajstić information content (AvgIpc) is 2.62. The number of hydrogen-bond donors (Lipinski definition) is 1. The van der Waals surface area contributed by atoms with Crippen LogP contribution in [0.1, 0.15) is 26.3 Å². The molecule has 0 saturated carbocycles. The van der Waals surface area contributed by atoms with Gasteiger partial charge >= 0.3 is 5.97 Å². The molecule has 0 aliphatic rings. The molecule has 0 spiro atoms. The van der Waals surface area contributed by atoms with Crippen molar-refractivity contribution in [3.63, 3.8) is 0 Å². The minimum Gasteiger partial charge on any atom is -0.463 e. The maximum absolute atomic E-state index is 11.8. The van der Waals surface area contributed by atoms with Gasteiger partial charge in [0, 0.05) is 12.5 Å². The molecular formula is C22H25NO3. The second-order valence-electron chi connectivity index (χ2n) is 6.14. The van der Waals surface area contributed by atoms with Gasteiger partial charge in [-0.2, -0.15) is 0 Å². The monoisotopic (exact) mass is 351 g/mol. The molecule has 2 rings (SSSR count). The van der Waals surface area contributed by atoms with Gasteiger partial charge in [0.2, 0.25) is 5.91 Å². The summed E-state index contributed by atoms with van der Waals surface area (Å²) in [6.07, 6.45) is 2.36. The van der Waals surface area contributed by atoms with E-state index in [2.05, 4.69) is 29.6 Å². The number of hydrogen-bond acceptors (Lipinski definition) is 3. The van der Waals surface area contributed by atoms with Crippen LogP contribution in [0, 0.1) is 0 Å². The molecule has 26 heavy (non-hydrogen) atoms. The summed E-state index contributed by atoms with van der Waals surface area (Å²) in [6, 6.07) is 18.1. The lowest BCUT2D eigenvalue weighted by molar-refractivity contribution is -0.138. The van der Waals surface area contributed by atoms with Crippen molar-refractivity contribution in [3.05, 3.63) is 71.8 Å². The lowest BCUT2D eigenvalue weighted by Crippen LogP contribution is -2.33. The van der Waals surface area contributed by atoms with Gasteiger partial charge in [0.05, 0.1) is 12.6 Å². The first kappa shape index (κ1) is 19.4. The van der Waals surface area contributed by atoms with Crippen molar-refractivity contribution in [1.29, 1.82) is 0 Å². The van der Waals surface area contributed by atoms with Gasteiger partial charge in [-0.25, -0.2) is 4.79 Å². The largest absolute Gasteiger partial charge is 0.463 e. The third-order valence-corrected chi connectivity index (χ3v) is 3.95.